The topological polar surface area (TPSA) is 52.6 Å². The van der Waals surface area contributed by atoms with Gasteiger partial charge in [-0.3, -0.25) is 4.79 Å². The fourth-order valence-corrected chi connectivity index (χ4v) is 4.73. The number of carbonyl (C=O) groups is 2. The number of hydrogen-bond donors (Lipinski definition) is 0. The standard InChI is InChI=1S/C23H22O4S2/c1-5-26-23(25)18-11-19(27-14(2)24)16-12-20(28-3)21(29-4)13-17(16)22(18)15-9-7-6-8-10-15/h6-13H,5H2,1-4H3. The van der Waals surface area contributed by atoms with E-state index in [1.807, 2.05) is 48.9 Å². The molecule has 29 heavy (non-hydrogen) atoms. The lowest BCUT2D eigenvalue weighted by molar-refractivity contribution is -0.131. The molecule has 0 unspecified atom stereocenters. The first-order chi connectivity index (χ1) is 14.0. The number of hydrogen-bond acceptors (Lipinski definition) is 6. The van der Waals surface area contributed by atoms with Crippen LogP contribution in [0.1, 0.15) is 24.2 Å². The van der Waals surface area contributed by atoms with Gasteiger partial charge in [-0.1, -0.05) is 30.3 Å². The Balaban J connectivity index is 2.46. The summed E-state index contributed by atoms with van der Waals surface area (Å²) in [5, 5.41) is 1.63. The molecule has 0 aliphatic rings. The van der Waals surface area contributed by atoms with Crippen molar-refractivity contribution in [2.24, 2.45) is 0 Å². The molecule has 0 bridgehead atoms. The van der Waals surface area contributed by atoms with Crippen molar-refractivity contribution >= 4 is 46.2 Å². The number of rotatable bonds is 6. The van der Waals surface area contributed by atoms with Gasteiger partial charge in [-0.05, 0) is 48.6 Å². The van der Waals surface area contributed by atoms with E-state index in [1.54, 1.807) is 36.5 Å². The van der Waals surface area contributed by atoms with Gasteiger partial charge in [0.2, 0.25) is 0 Å². The van der Waals surface area contributed by atoms with Gasteiger partial charge in [0.25, 0.3) is 0 Å². The van der Waals surface area contributed by atoms with Crippen LogP contribution in [0.15, 0.2) is 58.3 Å². The summed E-state index contributed by atoms with van der Waals surface area (Å²) in [5.74, 6) is -0.521. The number of thioether (sulfide) groups is 2. The zero-order chi connectivity index (χ0) is 21.0. The van der Waals surface area contributed by atoms with Crippen molar-refractivity contribution in [3.05, 3.63) is 54.1 Å². The van der Waals surface area contributed by atoms with Crippen molar-refractivity contribution in [3.8, 4) is 16.9 Å². The molecule has 0 atom stereocenters. The molecule has 0 spiro atoms. The lowest BCUT2D eigenvalue weighted by Gasteiger charge is -2.18. The van der Waals surface area contributed by atoms with Gasteiger partial charge in [0.15, 0.2) is 0 Å². The molecule has 3 aromatic carbocycles. The highest BCUT2D eigenvalue weighted by Crippen LogP contribution is 2.43. The Kier molecular flexibility index (Phi) is 6.87. The first-order valence-electron chi connectivity index (χ1n) is 9.13. The van der Waals surface area contributed by atoms with Crippen LogP contribution in [0.5, 0.6) is 5.75 Å². The van der Waals surface area contributed by atoms with Crippen LogP contribution in [0.2, 0.25) is 0 Å². The number of fused-ring (bicyclic) bond motifs is 1. The summed E-state index contributed by atoms with van der Waals surface area (Å²) in [4.78, 5) is 26.8. The molecular formula is C23H22O4S2. The molecule has 0 heterocycles. The minimum Gasteiger partial charge on any atom is -0.462 e. The first kappa shape index (κ1) is 21.3. The molecule has 0 saturated heterocycles. The van der Waals surface area contributed by atoms with Crippen molar-refractivity contribution in [2.45, 2.75) is 23.6 Å². The van der Waals surface area contributed by atoms with Gasteiger partial charge in [0.05, 0.1) is 12.2 Å². The average molecular weight is 427 g/mol. The predicted octanol–water partition coefficient (Wildman–Crippen LogP) is 6.05. The maximum atomic E-state index is 12.8. The molecule has 0 saturated carbocycles. The van der Waals surface area contributed by atoms with E-state index in [-0.39, 0.29) is 6.61 Å². The molecule has 3 rings (SSSR count). The largest absolute Gasteiger partial charge is 0.462 e. The highest BCUT2D eigenvalue weighted by Gasteiger charge is 2.22. The summed E-state index contributed by atoms with van der Waals surface area (Å²) in [5.41, 5.74) is 2.06. The van der Waals surface area contributed by atoms with Crippen molar-refractivity contribution in [1.82, 2.24) is 0 Å². The van der Waals surface area contributed by atoms with Crippen molar-refractivity contribution in [1.29, 1.82) is 0 Å². The Labute approximate surface area is 179 Å². The van der Waals surface area contributed by atoms with E-state index in [2.05, 4.69) is 6.07 Å². The van der Waals surface area contributed by atoms with E-state index >= 15 is 0 Å². The maximum Gasteiger partial charge on any atom is 0.338 e. The molecule has 0 radical (unpaired) electrons. The molecule has 0 N–H and O–H groups in total. The monoisotopic (exact) mass is 426 g/mol. The first-order valence-corrected chi connectivity index (χ1v) is 11.6. The van der Waals surface area contributed by atoms with E-state index in [0.29, 0.717) is 11.3 Å². The van der Waals surface area contributed by atoms with E-state index < -0.39 is 11.9 Å². The van der Waals surface area contributed by atoms with Crippen LogP contribution in [-0.2, 0) is 9.53 Å². The number of benzene rings is 3. The van der Waals surface area contributed by atoms with Gasteiger partial charge in [-0.25, -0.2) is 4.79 Å². The molecule has 4 nitrogen and oxygen atoms in total. The molecule has 150 valence electrons. The summed E-state index contributed by atoms with van der Waals surface area (Å²) in [6.07, 6.45) is 4.03. The second-order valence-corrected chi connectivity index (χ2v) is 7.93. The van der Waals surface area contributed by atoms with Crippen LogP contribution in [0.25, 0.3) is 21.9 Å². The van der Waals surface area contributed by atoms with E-state index in [0.717, 1.165) is 31.7 Å². The Morgan fingerprint density at radius 2 is 1.55 bits per heavy atom. The van der Waals surface area contributed by atoms with Crippen molar-refractivity contribution in [2.75, 3.05) is 19.1 Å². The average Bonchev–Trinajstić information content (AvgIpc) is 2.72. The van der Waals surface area contributed by atoms with Gasteiger partial charge in [-0.15, -0.1) is 23.5 Å². The SMILES string of the molecule is CCOC(=O)c1cc(OC(C)=O)c2cc(SC)c(SC)cc2c1-c1ccccc1. The molecule has 0 fully saturated rings. The number of carbonyl (C=O) groups excluding carboxylic acids is 2. The van der Waals surface area contributed by atoms with Gasteiger partial charge < -0.3 is 9.47 Å². The molecule has 0 aromatic heterocycles. The molecule has 0 aliphatic heterocycles. The van der Waals surface area contributed by atoms with Gasteiger partial charge >= 0.3 is 11.9 Å². The molecule has 0 aliphatic carbocycles. The maximum absolute atomic E-state index is 12.8. The fourth-order valence-electron chi connectivity index (χ4n) is 3.24. The number of ether oxygens (including phenoxy) is 2. The lowest BCUT2D eigenvalue weighted by atomic mass is 9.92. The minimum absolute atomic E-state index is 0.259. The normalized spacial score (nSPS) is 10.8. The van der Waals surface area contributed by atoms with E-state index in [4.69, 9.17) is 9.47 Å². The zero-order valence-corrected chi connectivity index (χ0v) is 18.4. The summed E-state index contributed by atoms with van der Waals surface area (Å²) in [7, 11) is 0. The third kappa shape index (κ3) is 4.43. The van der Waals surface area contributed by atoms with Crippen LogP contribution in [0.4, 0.5) is 0 Å². The third-order valence-electron chi connectivity index (χ3n) is 4.41. The van der Waals surface area contributed by atoms with Gasteiger partial charge in [0.1, 0.15) is 5.75 Å². The second kappa shape index (κ2) is 9.37. The quantitative estimate of drug-likeness (QED) is 0.272. The summed E-state index contributed by atoms with van der Waals surface area (Å²) in [6.45, 7) is 3.38. The van der Waals surface area contributed by atoms with E-state index in [1.165, 1.54) is 6.92 Å². The van der Waals surface area contributed by atoms with Gasteiger partial charge in [0, 0.05) is 27.7 Å². The summed E-state index contributed by atoms with van der Waals surface area (Å²) < 4.78 is 10.8. The third-order valence-corrected chi connectivity index (χ3v) is 6.10. The van der Waals surface area contributed by atoms with Crippen molar-refractivity contribution in [3.63, 3.8) is 0 Å². The Bertz CT molecular complexity index is 1060. The van der Waals surface area contributed by atoms with Crippen molar-refractivity contribution < 1.29 is 19.1 Å². The molecule has 0 amide bonds. The smallest absolute Gasteiger partial charge is 0.338 e. The zero-order valence-electron chi connectivity index (χ0n) is 16.8. The van der Waals surface area contributed by atoms with Crippen LogP contribution in [0, 0.1) is 0 Å². The fraction of sp³-hybridized carbons (Fsp3) is 0.217. The lowest BCUT2D eigenvalue weighted by Crippen LogP contribution is -2.09. The van der Waals surface area contributed by atoms with Crippen LogP contribution < -0.4 is 4.74 Å². The Hall–Kier alpha value is -2.44. The van der Waals surface area contributed by atoms with Crippen LogP contribution >= 0.6 is 23.5 Å². The molecular weight excluding hydrogens is 404 g/mol. The summed E-state index contributed by atoms with van der Waals surface area (Å²) in [6, 6.07) is 15.4. The highest BCUT2D eigenvalue weighted by atomic mass is 32.2. The molecule has 6 heteroatoms. The Morgan fingerprint density at radius 3 is 2.10 bits per heavy atom. The predicted molar refractivity (Wildman–Crippen MR) is 120 cm³/mol. The Morgan fingerprint density at radius 1 is 0.931 bits per heavy atom. The number of esters is 2. The van der Waals surface area contributed by atoms with Crippen LogP contribution in [0.3, 0.4) is 0 Å². The van der Waals surface area contributed by atoms with Crippen LogP contribution in [-0.4, -0.2) is 31.1 Å². The highest BCUT2D eigenvalue weighted by molar-refractivity contribution is 8.01. The summed E-state index contributed by atoms with van der Waals surface area (Å²) >= 11 is 3.27. The molecule has 3 aromatic rings. The second-order valence-electron chi connectivity index (χ2n) is 6.23. The van der Waals surface area contributed by atoms with E-state index in [9.17, 15) is 9.59 Å². The minimum atomic E-state index is -0.443. The van der Waals surface area contributed by atoms with Gasteiger partial charge in [-0.2, -0.15) is 0 Å².